The van der Waals surface area contributed by atoms with Gasteiger partial charge in [-0.2, -0.15) is 0 Å². The molecule has 9 heteroatoms. The Morgan fingerprint density at radius 2 is 1.64 bits per heavy atom. The van der Waals surface area contributed by atoms with Gasteiger partial charge >= 0.3 is 0 Å². The van der Waals surface area contributed by atoms with Crippen LogP contribution in [0.5, 0.6) is 5.75 Å². The molecule has 2 amide bonds. The first-order valence-corrected chi connectivity index (χ1v) is 11.6. The van der Waals surface area contributed by atoms with Crippen LogP contribution in [0.15, 0.2) is 81.2 Å². The molecule has 166 valence electrons. The molecule has 1 aliphatic rings. The Labute approximate surface area is 211 Å². The lowest BCUT2D eigenvalue weighted by molar-refractivity contribution is -0.122. The minimum atomic E-state index is -0.623. The average molecular weight is 590 g/mol. The van der Waals surface area contributed by atoms with E-state index in [4.69, 9.17) is 17.0 Å². The lowest BCUT2D eigenvalue weighted by atomic mass is 10.1. The summed E-state index contributed by atoms with van der Waals surface area (Å²) < 4.78 is 21.0. The van der Waals surface area contributed by atoms with Gasteiger partial charge in [0.15, 0.2) is 5.11 Å². The van der Waals surface area contributed by atoms with Gasteiger partial charge in [-0.05, 0) is 78.5 Å². The predicted octanol–water partition coefficient (Wildman–Crippen LogP) is 5.76. The number of carbonyl (C=O) groups is 2. The zero-order valence-corrected chi connectivity index (χ0v) is 20.8. The standard InChI is InChI=1S/C24H15Br2FN2O3S/c25-16-3-1-14(2-4-16)13-32-21-10-5-17(26)11-15(21)12-20-22(30)28-24(33)29(23(20)31)19-8-6-18(27)7-9-19/h1-12H,13H2,(H,28,30,33)/b20-12-. The predicted molar refractivity (Wildman–Crippen MR) is 135 cm³/mol. The van der Waals surface area contributed by atoms with Crippen LogP contribution in [0, 0.1) is 5.82 Å². The number of rotatable bonds is 5. The molecule has 0 aromatic heterocycles. The van der Waals surface area contributed by atoms with E-state index in [1.54, 1.807) is 12.1 Å². The minimum Gasteiger partial charge on any atom is -0.488 e. The van der Waals surface area contributed by atoms with Gasteiger partial charge in [0.1, 0.15) is 23.7 Å². The van der Waals surface area contributed by atoms with Crippen LogP contribution in [0.4, 0.5) is 10.1 Å². The maximum atomic E-state index is 13.3. The van der Waals surface area contributed by atoms with Gasteiger partial charge in [-0.25, -0.2) is 4.39 Å². The van der Waals surface area contributed by atoms with Crippen molar-refractivity contribution < 1.29 is 18.7 Å². The molecule has 0 spiro atoms. The fourth-order valence-corrected chi connectivity index (χ4v) is 4.07. The first-order chi connectivity index (χ1) is 15.8. The van der Waals surface area contributed by atoms with E-state index in [0.29, 0.717) is 23.6 Å². The molecule has 1 aliphatic heterocycles. The van der Waals surface area contributed by atoms with E-state index in [9.17, 15) is 14.0 Å². The summed E-state index contributed by atoms with van der Waals surface area (Å²) >= 11 is 12.0. The number of nitrogens with one attached hydrogen (secondary N) is 1. The van der Waals surface area contributed by atoms with E-state index in [2.05, 4.69) is 37.2 Å². The van der Waals surface area contributed by atoms with Gasteiger partial charge in [-0.15, -0.1) is 0 Å². The fourth-order valence-electron chi connectivity index (χ4n) is 3.14. The number of benzene rings is 3. The Morgan fingerprint density at radius 1 is 0.970 bits per heavy atom. The van der Waals surface area contributed by atoms with Crippen molar-refractivity contribution >= 4 is 72.8 Å². The van der Waals surface area contributed by atoms with Gasteiger partial charge in [-0.1, -0.05) is 44.0 Å². The molecular formula is C24H15Br2FN2O3S. The minimum absolute atomic E-state index is 0.0743. The number of amides is 2. The molecule has 3 aromatic carbocycles. The highest BCUT2D eigenvalue weighted by atomic mass is 79.9. The molecule has 0 atom stereocenters. The molecule has 1 N–H and O–H groups in total. The number of thiocarbonyl (C=S) groups is 1. The zero-order chi connectivity index (χ0) is 23.5. The van der Waals surface area contributed by atoms with Gasteiger partial charge in [0.05, 0.1) is 5.69 Å². The first kappa shape index (κ1) is 23.3. The third kappa shape index (κ3) is 5.38. The summed E-state index contributed by atoms with van der Waals surface area (Å²) in [4.78, 5) is 27.0. The lowest BCUT2D eigenvalue weighted by Crippen LogP contribution is -2.54. The number of ether oxygens (including phenoxy) is 1. The van der Waals surface area contributed by atoms with E-state index in [1.165, 1.54) is 30.3 Å². The van der Waals surface area contributed by atoms with Crippen molar-refractivity contribution in [3.8, 4) is 5.75 Å². The lowest BCUT2D eigenvalue weighted by Gasteiger charge is -2.29. The third-order valence-electron chi connectivity index (χ3n) is 4.77. The molecular weight excluding hydrogens is 575 g/mol. The summed E-state index contributed by atoms with van der Waals surface area (Å²) in [6.07, 6.45) is 1.46. The Balaban J connectivity index is 1.66. The number of hydrogen-bond donors (Lipinski definition) is 1. The van der Waals surface area contributed by atoms with Gasteiger partial charge in [-0.3, -0.25) is 19.8 Å². The second-order valence-corrected chi connectivity index (χ2v) is 9.25. The van der Waals surface area contributed by atoms with Crippen molar-refractivity contribution in [1.29, 1.82) is 0 Å². The van der Waals surface area contributed by atoms with E-state index in [0.717, 1.165) is 19.4 Å². The molecule has 0 unspecified atom stereocenters. The van der Waals surface area contributed by atoms with Gasteiger partial charge in [0, 0.05) is 14.5 Å². The van der Waals surface area contributed by atoms with Crippen LogP contribution in [0.2, 0.25) is 0 Å². The van der Waals surface area contributed by atoms with Crippen molar-refractivity contribution in [3.63, 3.8) is 0 Å². The first-order valence-electron chi connectivity index (χ1n) is 9.65. The molecule has 1 fully saturated rings. The molecule has 3 aromatic rings. The highest BCUT2D eigenvalue weighted by Crippen LogP contribution is 2.29. The second-order valence-electron chi connectivity index (χ2n) is 7.03. The number of nitrogens with zero attached hydrogens (tertiary/aromatic N) is 1. The largest absolute Gasteiger partial charge is 0.488 e. The fraction of sp³-hybridized carbons (Fsp3) is 0.0417. The topological polar surface area (TPSA) is 58.6 Å². The van der Waals surface area contributed by atoms with Crippen molar-refractivity contribution in [3.05, 3.63) is 98.2 Å². The maximum Gasteiger partial charge on any atom is 0.270 e. The van der Waals surface area contributed by atoms with E-state index in [-0.39, 0.29) is 10.7 Å². The van der Waals surface area contributed by atoms with E-state index in [1.807, 2.05) is 30.3 Å². The summed E-state index contributed by atoms with van der Waals surface area (Å²) in [6.45, 7) is 0.303. The molecule has 0 saturated carbocycles. The summed E-state index contributed by atoms with van der Waals surface area (Å²) in [5.74, 6) is -1.19. The van der Waals surface area contributed by atoms with Crippen LogP contribution in [0.25, 0.3) is 6.08 Å². The van der Waals surface area contributed by atoms with Gasteiger partial charge < -0.3 is 4.74 Å². The summed E-state index contributed by atoms with van der Waals surface area (Å²) in [6, 6.07) is 18.3. The number of anilines is 1. The molecule has 0 radical (unpaired) electrons. The molecule has 1 heterocycles. The quantitative estimate of drug-likeness (QED) is 0.233. The summed E-state index contributed by atoms with van der Waals surface area (Å²) in [7, 11) is 0. The maximum absolute atomic E-state index is 13.3. The molecule has 1 saturated heterocycles. The Bertz CT molecular complexity index is 1280. The Morgan fingerprint density at radius 3 is 2.33 bits per heavy atom. The number of carbonyl (C=O) groups excluding carboxylic acids is 2. The second kappa shape index (κ2) is 9.94. The monoisotopic (exact) mass is 588 g/mol. The average Bonchev–Trinajstić information content (AvgIpc) is 2.78. The smallest absolute Gasteiger partial charge is 0.270 e. The van der Waals surface area contributed by atoms with Crippen LogP contribution in [0.1, 0.15) is 11.1 Å². The summed E-state index contributed by atoms with van der Waals surface area (Å²) in [5.41, 5.74) is 1.71. The molecule has 4 rings (SSSR count). The zero-order valence-electron chi connectivity index (χ0n) is 16.8. The van der Waals surface area contributed by atoms with Crippen molar-refractivity contribution in [1.82, 2.24) is 5.32 Å². The molecule has 33 heavy (non-hydrogen) atoms. The van der Waals surface area contributed by atoms with Crippen LogP contribution in [0.3, 0.4) is 0 Å². The van der Waals surface area contributed by atoms with E-state index >= 15 is 0 Å². The SMILES string of the molecule is O=C1NC(=S)N(c2ccc(F)cc2)C(=O)/C1=C\c1cc(Br)ccc1OCc1ccc(Br)cc1. The Hall–Kier alpha value is -2.88. The van der Waals surface area contributed by atoms with Crippen LogP contribution in [-0.2, 0) is 16.2 Å². The molecule has 0 aliphatic carbocycles. The summed E-state index contributed by atoms with van der Waals surface area (Å²) in [5, 5.41) is 2.44. The normalized spacial score (nSPS) is 15.1. The molecule has 5 nitrogen and oxygen atoms in total. The van der Waals surface area contributed by atoms with Crippen LogP contribution >= 0.6 is 44.1 Å². The molecule has 0 bridgehead atoms. The highest BCUT2D eigenvalue weighted by Gasteiger charge is 2.34. The van der Waals surface area contributed by atoms with Crippen molar-refractivity contribution in [2.24, 2.45) is 0 Å². The van der Waals surface area contributed by atoms with Gasteiger partial charge in [0.25, 0.3) is 11.8 Å². The van der Waals surface area contributed by atoms with Crippen molar-refractivity contribution in [2.75, 3.05) is 4.90 Å². The Kier molecular flexibility index (Phi) is 7.02. The van der Waals surface area contributed by atoms with Crippen molar-refractivity contribution in [2.45, 2.75) is 6.61 Å². The number of halogens is 3. The van der Waals surface area contributed by atoms with E-state index < -0.39 is 17.6 Å². The van der Waals surface area contributed by atoms with Gasteiger partial charge in [0.2, 0.25) is 0 Å². The van der Waals surface area contributed by atoms with Crippen LogP contribution in [-0.4, -0.2) is 16.9 Å². The third-order valence-corrected chi connectivity index (χ3v) is 6.07. The van der Waals surface area contributed by atoms with Crippen LogP contribution < -0.4 is 15.0 Å². The number of hydrogen-bond acceptors (Lipinski definition) is 4. The highest BCUT2D eigenvalue weighted by molar-refractivity contribution is 9.10.